The molecule has 1 aliphatic heterocycles. The van der Waals surface area contributed by atoms with Crippen molar-refractivity contribution in [2.24, 2.45) is 5.92 Å². The van der Waals surface area contributed by atoms with Crippen molar-refractivity contribution in [3.05, 3.63) is 29.8 Å². The second-order valence-corrected chi connectivity index (χ2v) is 4.11. The van der Waals surface area contributed by atoms with Gasteiger partial charge in [0, 0.05) is 25.4 Å². The summed E-state index contributed by atoms with van der Waals surface area (Å²) < 4.78 is 0. The minimum absolute atomic E-state index is 0.276. The van der Waals surface area contributed by atoms with Gasteiger partial charge in [-0.05, 0) is 24.0 Å². The van der Waals surface area contributed by atoms with Gasteiger partial charge in [0.2, 0.25) is 0 Å². The highest BCUT2D eigenvalue weighted by Gasteiger charge is 2.19. The first-order chi connectivity index (χ1) is 6.81. The van der Waals surface area contributed by atoms with Gasteiger partial charge in [0.05, 0.1) is 0 Å². The summed E-state index contributed by atoms with van der Waals surface area (Å²) in [6, 6.07) is 8.55. The fraction of sp³-hybridized carbons (Fsp3) is 0.500. The van der Waals surface area contributed by atoms with Crippen molar-refractivity contribution < 1.29 is 5.11 Å². The van der Waals surface area contributed by atoms with Gasteiger partial charge < -0.3 is 10.0 Å². The van der Waals surface area contributed by atoms with Gasteiger partial charge in [0.1, 0.15) is 0 Å². The Hall–Kier alpha value is -1.02. The second-order valence-electron chi connectivity index (χ2n) is 4.11. The highest BCUT2D eigenvalue weighted by Crippen LogP contribution is 2.27. The lowest BCUT2D eigenvalue weighted by atomic mass is 10.1. The SMILES string of the molecule is CC(CO)CN1CCc2ccccc21. The summed E-state index contributed by atoms with van der Waals surface area (Å²) in [7, 11) is 0. The molecule has 0 amide bonds. The number of aliphatic hydroxyl groups is 1. The molecule has 2 rings (SSSR count). The third kappa shape index (κ3) is 1.75. The Morgan fingerprint density at radius 1 is 1.43 bits per heavy atom. The van der Waals surface area contributed by atoms with Crippen molar-refractivity contribution in [3.8, 4) is 0 Å². The van der Waals surface area contributed by atoms with Crippen LogP contribution >= 0.6 is 0 Å². The molecule has 0 bridgehead atoms. The first-order valence-electron chi connectivity index (χ1n) is 5.25. The zero-order valence-corrected chi connectivity index (χ0v) is 8.61. The summed E-state index contributed by atoms with van der Waals surface area (Å²) in [4.78, 5) is 2.37. The zero-order chi connectivity index (χ0) is 9.97. The van der Waals surface area contributed by atoms with Crippen LogP contribution in [0.1, 0.15) is 12.5 Å². The van der Waals surface area contributed by atoms with Gasteiger partial charge >= 0.3 is 0 Å². The molecule has 14 heavy (non-hydrogen) atoms. The molecule has 0 spiro atoms. The molecule has 1 aromatic rings. The summed E-state index contributed by atoms with van der Waals surface area (Å²) in [6.07, 6.45) is 1.15. The van der Waals surface area contributed by atoms with Crippen LogP contribution in [0.25, 0.3) is 0 Å². The lowest BCUT2D eigenvalue weighted by Crippen LogP contribution is -2.27. The molecule has 0 aliphatic carbocycles. The molecular weight excluding hydrogens is 174 g/mol. The molecular formula is C12H17NO. The molecule has 1 heterocycles. The van der Waals surface area contributed by atoms with Gasteiger partial charge in [-0.25, -0.2) is 0 Å². The minimum atomic E-state index is 0.276. The van der Waals surface area contributed by atoms with Gasteiger partial charge in [-0.15, -0.1) is 0 Å². The van der Waals surface area contributed by atoms with E-state index in [2.05, 4.69) is 36.1 Å². The van der Waals surface area contributed by atoms with E-state index in [9.17, 15) is 0 Å². The topological polar surface area (TPSA) is 23.5 Å². The molecule has 2 heteroatoms. The van der Waals surface area contributed by atoms with Gasteiger partial charge in [-0.2, -0.15) is 0 Å². The molecule has 0 saturated carbocycles. The van der Waals surface area contributed by atoms with Gasteiger partial charge in [-0.3, -0.25) is 0 Å². The average Bonchev–Trinajstić information content (AvgIpc) is 2.62. The smallest absolute Gasteiger partial charge is 0.0473 e. The molecule has 1 N–H and O–H groups in total. The van der Waals surface area contributed by atoms with Crippen molar-refractivity contribution in [1.29, 1.82) is 0 Å². The fourth-order valence-corrected chi connectivity index (χ4v) is 2.03. The Kier molecular flexibility index (Phi) is 2.73. The van der Waals surface area contributed by atoms with Crippen molar-refractivity contribution in [2.75, 3.05) is 24.6 Å². The number of para-hydroxylation sites is 1. The van der Waals surface area contributed by atoms with Gasteiger partial charge in [0.15, 0.2) is 0 Å². The maximum Gasteiger partial charge on any atom is 0.0473 e. The second kappa shape index (κ2) is 4.01. The summed E-state index contributed by atoms with van der Waals surface area (Å²) in [6.45, 7) is 4.43. The fourth-order valence-electron chi connectivity index (χ4n) is 2.03. The van der Waals surface area contributed by atoms with Crippen LogP contribution in [0.15, 0.2) is 24.3 Å². The number of fused-ring (bicyclic) bond motifs is 1. The molecule has 0 radical (unpaired) electrons. The molecule has 1 atom stereocenters. The monoisotopic (exact) mass is 191 g/mol. The Labute approximate surface area is 85.2 Å². The average molecular weight is 191 g/mol. The highest BCUT2D eigenvalue weighted by atomic mass is 16.3. The van der Waals surface area contributed by atoms with Crippen molar-refractivity contribution in [1.82, 2.24) is 0 Å². The molecule has 0 aromatic heterocycles. The number of hydrogen-bond donors (Lipinski definition) is 1. The maximum atomic E-state index is 9.02. The van der Waals surface area contributed by atoms with E-state index in [1.54, 1.807) is 0 Å². The van der Waals surface area contributed by atoms with Crippen LogP contribution in [0.2, 0.25) is 0 Å². The number of nitrogens with zero attached hydrogens (tertiary/aromatic N) is 1. The largest absolute Gasteiger partial charge is 0.396 e. The molecule has 0 saturated heterocycles. The number of hydrogen-bond acceptors (Lipinski definition) is 2. The lowest BCUT2D eigenvalue weighted by Gasteiger charge is -2.22. The first kappa shape index (κ1) is 9.53. The molecule has 76 valence electrons. The first-order valence-corrected chi connectivity index (χ1v) is 5.25. The third-order valence-electron chi connectivity index (χ3n) is 2.83. The van der Waals surface area contributed by atoms with E-state index in [-0.39, 0.29) is 6.61 Å². The van der Waals surface area contributed by atoms with Crippen LogP contribution in [0.3, 0.4) is 0 Å². The van der Waals surface area contributed by atoms with Crippen molar-refractivity contribution >= 4 is 5.69 Å². The molecule has 1 aliphatic rings. The van der Waals surface area contributed by atoms with Crippen molar-refractivity contribution in [2.45, 2.75) is 13.3 Å². The van der Waals surface area contributed by atoms with Crippen LogP contribution in [0.5, 0.6) is 0 Å². The molecule has 1 unspecified atom stereocenters. The summed E-state index contributed by atoms with van der Waals surface area (Å²) in [5, 5.41) is 9.02. The van der Waals surface area contributed by atoms with E-state index in [1.807, 2.05) is 0 Å². The standard InChI is InChI=1S/C12H17NO/c1-10(9-14)8-13-7-6-11-4-2-3-5-12(11)13/h2-5,10,14H,6-9H2,1H3. The predicted molar refractivity (Wildman–Crippen MR) is 58.6 cm³/mol. The van der Waals surface area contributed by atoms with Crippen LogP contribution in [0.4, 0.5) is 5.69 Å². The Morgan fingerprint density at radius 2 is 2.21 bits per heavy atom. The quantitative estimate of drug-likeness (QED) is 0.785. The number of anilines is 1. The molecule has 0 fully saturated rings. The van der Waals surface area contributed by atoms with E-state index < -0.39 is 0 Å². The van der Waals surface area contributed by atoms with Crippen molar-refractivity contribution in [3.63, 3.8) is 0 Å². The number of rotatable bonds is 3. The highest BCUT2D eigenvalue weighted by molar-refractivity contribution is 5.57. The van der Waals surface area contributed by atoms with E-state index in [0.717, 1.165) is 19.5 Å². The Morgan fingerprint density at radius 3 is 3.00 bits per heavy atom. The van der Waals surface area contributed by atoms with Crippen LogP contribution in [-0.2, 0) is 6.42 Å². The summed E-state index contributed by atoms with van der Waals surface area (Å²) >= 11 is 0. The predicted octanol–water partition coefficient (Wildman–Crippen LogP) is 1.68. The maximum absolute atomic E-state index is 9.02. The van der Waals surface area contributed by atoms with Crippen LogP contribution < -0.4 is 4.90 Å². The minimum Gasteiger partial charge on any atom is -0.396 e. The molecule has 1 aromatic carbocycles. The van der Waals surface area contributed by atoms with Crippen LogP contribution in [0, 0.1) is 5.92 Å². The van der Waals surface area contributed by atoms with Gasteiger partial charge in [0.25, 0.3) is 0 Å². The zero-order valence-electron chi connectivity index (χ0n) is 8.61. The van der Waals surface area contributed by atoms with Gasteiger partial charge in [-0.1, -0.05) is 25.1 Å². The third-order valence-corrected chi connectivity index (χ3v) is 2.83. The van der Waals surface area contributed by atoms with E-state index in [0.29, 0.717) is 5.92 Å². The van der Waals surface area contributed by atoms with E-state index >= 15 is 0 Å². The van der Waals surface area contributed by atoms with Crippen LogP contribution in [-0.4, -0.2) is 24.8 Å². The molecule has 2 nitrogen and oxygen atoms in total. The summed E-state index contributed by atoms with van der Waals surface area (Å²) in [5.41, 5.74) is 2.80. The normalized spacial score (nSPS) is 16.9. The lowest BCUT2D eigenvalue weighted by molar-refractivity contribution is 0.239. The number of benzene rings is 1. The van der Waals surface area contributed by atoms with E-state index in [4.69, 9.17) is 5.11 Å². The number of aliphatic hydroxyl groups excluding tert-OH is 1. The summed E-state index contributed by atoms with van der Waals surface area (Å²) in [5.74, 6) is 0.362. The van der Waals surface area contributed by atoms with E-state index in [1.165, 1.54) is 11.3 Å². The Bertz CT molecular complexity index is 311. The Balaban J connectivity index is 2.10.